The van der Waals surface area contributed by atoms with E-state index in [1.54, 1.807) is 12.1 Å². The third kappa shape index (κ3) is 4.88. The van der Waals surface area contributed by atoms with Gasteiger partial charge in [-0.15, -0.1) is 0 Å². The summed E-state index contributed by atoms with van der Waals surface area (Å²) in [5, 5.41) is 2.69. The Labute approximate surface area is 237 Å². The zero-order valence-electron chi connectivity index (χ0n) is 20.9. The normalized spacial score (nSPS) is 17.1. The smallest absolute Gasteiger partial charge is 0.456 e. The van der Waals surface area contributed by atoms with Crippen molar-refractivity contribution in [3.05, 3.63) is 80.3 Å². The number of nitrogens with one attached hydrogen (secondary N) is 1. The highest BCUT2D eigenvalue weighted by Crippen LogP contribution is 2.59. The molecule has 210 valence electrons. The van der Waals surface area contributed by atoms with Crippen molar-refractivity contribution in [1.82, 2.24) is 10.2 Å². The van der Waals surface area contributed by atoms with Gasteiger partial charge in [0.2, 0.25) is 0 Å². The summed E-state index contributed by atoms with van der Waals surface area (Å²) in [6.07, 6.45) is 0. The van der Waals surface area contributed by atoms with Crippen LogP contribution in [0.5, 0.6) is 23.0 Å². The summed E-state index contributed by atoms with van der Waals surface area (Å²) in [6, 6.07) is 9.87. The average Bonchev–Trinajstić information content (AvgIpc) is 3.16. The fourth-order valence-electron chi connectivity index (χ4n) is 4.65. The van der Waals surface area contributed by atoms with Crippen LogP contribution in [0.4, 0.5) is 0 Å². The number of nitrogens with two attached hydrogens (primary N) is 1. The number of fused-ring (bicyclic) bond motifs is 6. The van der Waals surface area contributed by atoms with Gasteiger partial charge in [0.05, 0.1) is 15.6 Å². The number of nitrogens with zero attached hydrogens (tertiary/aromatic N) is 1. The molecule has 15 heteroatoms. The number of esters is 1. The van der Waals surface area contributed by atoms with E-state index < -0.39 is 19.4 Å². The number of likely N-dealkylation sites (N-methyl/N-ethyl adjacent to an activating group) is 1. The van der Waals surface area contributed by atoms with Gasteiger partial charge in [0.1, 0.15) is 11.5 Å². The van der Waals surface area contributed by atoms with Gasteiger partial charge < -0.3 is 29.1 Å². The van der Waals surface area contributed by atoms with Crippen LogP contribution >= 0.6 is 31.0 Å². The molecule has 1 spiro atoms. The quantitative estimate of drug-likeness (QED) is 0.175. The number of hydrogen-bond donors (Lipinski definition) is 4. The van der Waals surface area contributed by atoms with Gasteiger partial charge >= 0.3 is 13.8 Å². The van der Waals surface area contributed by atoms with Crippen molar-refractivity contribution in [1.29, 1.82) is 0 Å². The Bertz CT molecular complexity index is 1610. The summed E-state index contributed by atoms with van der Waals surface area (Å²) in [5.74, 6) is 4.04. The van der Waals surface area contributed by atoms with Crippen LogP contribution in [0.25, 0.3) is 0 Å². The second kappa shape index (κ2) is 10.2. The standard InChI is InChI=1S/C25H22Cl2N3O9P/c1-30(2)6-5-29-23(31)12-3-4-14-13(7-12)24(32)37-25(14)15-8-17(26)21(38-28)10-19(15)36-20-11-22(39-40(33,34)35)18(27)9-16(20)25/h3-4,7-11H,5-6,28H2,1-2H3,(H,29,31)(H2,33,34,35). The number of benzene rings is 3. The molecule has 0 fully saturated rings. The Hall–Kier alpha value is -3.35. The van der Waals surface area contributed by atoms with Crippen LogP contribution in [-0.2, 0) is 14.9 Å². The van der Waals surface area contributed by atoms with Gasteiger partial charge in [-0.3, -0.25) is 14.6 Å². The van der Waals surface area contributed by atoms with Crippen LogP contribution in [0.3, 0.4) is 0 Å². The molecule has 1 atom stereocenters. The molecule has 0 aromatic heterocycles. The summed E-state index contributed by atoms with van der Waals surface area (Å²) >= 11 is 12.7. The van der Waals surface area contributed by atoms with E-state index in [-0.39, 0.29) is 55.6 Å². The van der Waals surface area contributed by atoms with Crippen LogP contribution in [-0.4, -0.2) is 53.7 Å². The number of carbonyl (C=O) groups is 2. The van der Waals surface area contributed by atoms with E-state index in [1.165, 1.54) is 24.3 Å². The first-order valence-corrected chi connectivity index (χ1v) is 13.9. The minimum Gasteiger partial charge on any atom is -0.456 e. The van der Waals surface area contributed by atoms with Crippen LogP contribution in [0.15, 0.2) is 42.5 Å². The number of phosphoric ester groups is 1. The first kappa shape index (κ1) is 28.2. The molecule has 0 bridgehead atoms. The lowest BCUT2D eigenvalue weighted by molar-refractivity contribution is 0.0224. The summed E-state index contributed by atoms with van der Waals surface area (Å²) < 4.78 is 28.3. The molecule has 1 amide bonds. The molecule has 12 nitrogen and oxygen atoms in total. The predicted octanol–water partition coefficient (Wildman–Crippen LogP) is 3.58. The number of amides is 1. The number of ether oxygens (including phenoxy) is 2. The van der Waals surface area contributed by atoms with Gasteiger partial charge in [0.15, 0.2) is 17.1 Å². The number of carbonyl (C=O) groups excluding carboxylic acids is 2. The molecule has 40 heavy (non-hydrogen) atoms. The SMILES string of the molecule is CN(C)CCNC(=O)c1ccc2c(c1)C(=O)OC21c2cc(Cl)c(ON)cc2Oc2cc(OP(=O)(O)O)c(Cl)cc21. The fraction of sp³-hybridized carbons (Fsp3) is 0.200. The van der Waals surface area contributed by atoms with Gasteiger partial charge in [-0.1, -0.05) is 29.3 Å². The Morgan fingerprint density at radius 3 is 2.27 bits per heavy atom. The minimum absolute atomic E-state index is 0.0109. The monoisotopic (exact) mass is 609 g/mol. The van der Waals surface area contributed by atoms with E-state index in [0.717, 1.165) is 6.07 Å². The molecule has 2 aliphatic rings. The predicted molar refractivity (Wildman–Crippen MR) is 143 cm³/mol. The van der Waals surface area contributed by atoms with Gasteiger partial charge in [-0.05, 0) is 38.4 Å². The molecule has 5 rings (SSSR count). The second-order valence-corrected chi connectivity index (χ2v) is 11.2. The van der Waals surface area contributed by atoms with Crippen molar-refractivity contribution >= 4 is 42.9 Å². The molecule has 0 radical (unpaired) electrons. The Morgan fingerprint density at radius 2 is 1.68 bits per heavy atom. The molecular formula is C25H22Cl2N3O9P. The van der Waals surface area contributed by atoms with E-state index in [2.05, 4.69) is 5.32 Å². The first-order chi connectivity index (χ1) is 18.8. The van der Waals surface area contributed by atoms with Crippen molar-refractivity contribution < 1.29 is 42.8 Å². The van der Waals surface area contributed by atoms with Crippen molar-refractivity contribution in [2.75, 3.05) is 27.2 Å². The van der Waals surface area contributed by atoms with Gasteiger partial charge in [-0.2, -0.15) is 5.90 Å². The maximum Gasteiger partial charge on any atom is 0.524 e. The zero-order valence-corrected chi connectivity index (χ0v) is 23.3. The van der Waals surface area contributed by atoms with Crippen molar-refractivity contribution in [3.63, 3.8) is 0 Å². The lowest BCUT2D eigenvalue weighted by Gasteiger charge is -2.37. The van der Waals surface area contributed by atoms with E-state index >= 15 is 0 Å². The third-order valence-corrected chi connectivity index (χ3v) is 7.39. The summed E-state index contributed by atoms with van der Waals surface area (Å²) in [7, 11) is -1.23. The molecule has 3 aromatic carbocycles. The highest BCUT2D eigenvalue weighted by molar-refractivity contribution is 7.46. The largest absolute Gasteiger partial charge is 0.524 e. The lowest BCUT2D eigenvalue weighted by atomic mass is 9.77. The number of halogens is 2. The Balaban J connectivity index is 1.69. The Morgan fingerprint density at radius 1 is 1.05 bits per heavy atom. The number of phosphoric acid groups is 1. The highest BCUT2D eigenvalue weighted by atomic mass is 35.5. The van der Waals surface area contributed by atoms with Crippen LogP contribution < -0.4 is 25.3 Å². The fourth-order valence-corrected chi connectivity index (χ4v) is 5.52. The first-order valence-electron chi connectivity index (χ1n) is 11.6. The molecule has 5 N–H and O–H groups in total. The van der Waals surface area contributed by atoms with Crippen LogP contribution in [0, 0.1) is 0 Å². The van der Waals surface area contributed by atoms with Gasteiger partial charge in [0.25, 0.3) is 5.91 Å². The molecular weight excluding hydrogens is 588 g/mol. The molecule has 1 unspecified atom stereocenters. The summed E-state index contributed by atoms with van der Waals surface area (Å²) in [4.78, 5) is 51.5. The van der Waals surface area contributed by atoms with Crippen LogP contribution in [0.1, 0.15) is 37.4 Å². The van der Waals surface area contributed by atoms with E-state index in [0.29, 0.717) is 24.2 Å². The minimum atomic E-state index is -4.98. The molecule has 0 saturated carbocycles. The molecule has 2 heterocycles. The van der Waals surface area contributed by atoms with E-state index in [4.69, 9.17) is 47.9 Å². The third-order valence-electron chi connectivity index (χ3n) is 6.36. The molecule has 2 aliphatic heterocycles. The molecule has 3 aromatic rings. The van der Waals surface area contributed by atoms with Crippen molar-refractivity contribution in [2.45, 2.75) is 5.60 Å². The second-order valence-electron chi connectivity index (χ2n) is 9.25. The van der Waals surface area contributed by atoms with Crippen molar-refractivity contribution in [3.8, 4) is 23.0 Å². The average molecular weight is 610 g/mol. The lowest BCUT2D eigenvalue weighted by Crippen LogP contribution is -2.33. The van der Waals surface area contributed by atoms with Crippen LogP contribution in [0.2, 0.25) is 10.0 Å². The van der Waals surface area contributed by atoms with Gasteiger partial charge in [-0.25, -0.2) is 9.36 Å². The Kier molecular flexibility index (Phi) is 7.22. The maximum absolute atomic E-state index is 13.3. The molecule has 0 aliphatic carbocycles. The van der Waals surface area contributed by atoms with Crippen molar-refractivity contribution in [2.24, 2.45) is 5.90 Å². The number of rotatable bonds is 7. The van der Waals surface area contributed by atoms with E-state index in [9.17, 15) is 23.9 Å². The maximum atomic E-state index is 13.3. The van der Waals surface area contributed by atoms with Gasteiger partial charge in [0, 0.05) is 47.5 Å². The van der Waals surface area contributed by atoms with E-state index in [1.807, 2.05) is 19.0 Å². The highest BCUT2D eigenvalue weighted by Gasteiger charge is 2.54. The summed E-state index contributed by atoms with van der Waals surface area (Å²) in [5.41, 5.74) is -0.452. The number of hydrogen-bond acceptors (Lipinski definition) is 9. The zero-order chi connectivity index (χ0) is 29.0. The molecule has 0 saturated heterocycles. The summed E-state index contributed by atoms with van der Waals surface area (Å²) in [6.45, 7) is 1.02. The topological polar surface area (TPSA) is 170 Å².